The molecule has 0 fully saturated rings. The van der Waals surface area contributed by atoms with Gasteiger partial charge >= 0.3 is 5.97 Å². The average molecular weight is 322 g/mol. The molecule has 0 saturated heterocycles. The van der Waals surface area contributed by atoms with E-state index in [0.29, 0.717) is 17.7 Å². The molecule has 0 aliphatic rings. The molecule has 0 aliphatic heterocycles. The summed E-state index contributed by atoms with van der Waals surface area (Å²) < 4.78 is 5.28. The standard InChI is InChI=1S/C19H18N2O3/c1-2-18(22)21-17(15-6-4-3-5-7-15)12-19(23)24-16-10-8-14(13-20)9-11-16/h3-11,17H,2,12H2,1H3,(H,21,22). The second kappa shape index (κ2) is 8.49. The third-order valence-electron chi connectivity index (χ3n) is 3.44. The number of rotatable bonds is 6. The molecule has 2 aromatic carbocycles. The first-order valence-corrected chi connectivity index (χ1v) is 7.67. The van der Waals surface area contributed by atoms with Crippen molar-refractivity contribution in [1.82, 2.24) is 5.32 Å². The fourth-order valence-electron chi connectivity index (χ4n) is 2.17. The number of carbonyl (C=O) groups is 2. The molecule has 5 heteroatoms. The zero-order valence-corrected chi connectivity index (χ0v) is 13.4. The van der Waals surface area contributed by atoms with Crippen molar-refractivity contribution < 1.29 is 14.3 Å². The number of esters is 1. The number of hydrogen-bond acceptors (Lipinski definition) is 4. The molecule has 122 valence electrons. The SMILES string of the molecule is CCC(=O)NC(CC(=O)Oc1ccc(C#N)cc1)c1ccccc1. The Hall–Kier alpha value is -3.13. The average Bonchev–Trinajstić information content (AvgIpc) is 2.62. The largest absolute Gasteiger partial charge is 0.426 e. The molecule has 0 spiro atoms. The van der Waals surface area contributed by atoms with E-state index >= 15 is 0 Å². The summed E-state index contributed by atoms with van der Waals surface area (Å²) in [6, 6.07) is 17.1. The van der Waals surface area contributed by atoms with Crippen LogP contribution < -0.4 is 10.1 Å². The second-order valence-corrected chi connectivity index (χ2v) is 5.20. The molecule has 5 nitrogen and oxygen atoms in total. The molecular formula is C19H18N2O3. The quantitative estimate of drug-likeness (QED) is 0.654. The van der Waals surface area contributed by atoms with Crippen LogP contribution in [0.3, 0.4) is 0 Å². The van der Waals surface area contributed by atoms with Gasteiger partial charge in [-0.15, -0.1) is 0 Å². The van der Waals surface area contributed by atoms with Crippen LogP contribution in [0.15, 0.2) is 54.6 Å². The normalized spacial score (nSPS) is 11.2. The van der Waals surface area contributed by atoms with Crippen molar-refractivity contribution >= 4 is 11.9 Å². The summed E-state index contributed by atoms with van der Waals surface area (Å²) in [7, 11) is 0. The highest BCUT2D eigenvalue weighted by Crippen LogP contribution is 2.19. The van der Waals surface area contributed by atoms with Gasteiger partial charge < -0.3 is 10.1 Å². The Morgan fingerprint density at radius 2 is 1.79 bits per heavy atom. The summed E-state index contributed by atoms with van der Waals surface area (Å²) in [4.78, 5) is 23.9. The van der Waals surface area contributed by atoms with Crippen LogP contribution in [0.5, 0.6) is 5.75 Å². The fraction of sp³-hybridized carbons (Fsp3) is 0.211. The Bertz CT molecular complexity index is 733. The van der Waals surface area contributed by atoms with Crippen molar-refractivity contribution in [2.24, 2.45) is 0 Å². The van der Waals surface area contributed by atoms with Crippen LogP contribution in [0.1, 0.15) is 36.9 Å². The molecule has 1 amide bonds. The maximum Gasteiger partial charge on any atom is 0.313 e. The van der Waals surface area contributed by atoms with Crippen LogP contribution in [0.4, 0.5) is 0 Å². The molecule has 2 rings (SSSR count). The van der Waals surface area contributed by atoms with Crippen LogP contribution in [0.25, 0.3) is 0 Å². The van der Waals surface area contributed by atoms with Crippen LogP contribution in [-0.2, 0) is 9.59 Å². The molecule has 0 saturated carbocycles. The van der Waals surface area contributed by atoms with Gasteiger partial charge in [-0.1, -0.05) is 37.3 Å². The van der Waals surface area contributed by atoms with E-state index in [2.05, 4.69) is 5.32 Å². The maximum atomic E-state index is 12.2. The summed E-state index contributed by atoms with van der Waals surface area (Å²) in [6.45, 7) is 1.76. The van der Waals surface area contributed by atoms with E-state index in [1.165, 1.54) is 0 Å². The molecule has 24 heavy (non-hydrogen) atoms. The van der Waals surface area contributed by atoms with E-state index in [4.69, 9.17) is 10.00 Å². The van der Waals surface area contributed by atoms with E-state index in [9.17, 15) is 9.59 Å². The molecule has 0 bridgehead atoms. The molecule has 1 atom stereocenters. The first-order valence-electron chi connectivity index (χ1n) is 7.67. The predicted octanol–water partition coefficient (Wildman–Crippen LogP) is 3.12. The first-order chi connectivity index (χ1) is 11.6. The van der Waals surface area contributed by atoms with Crippen molar-refractivity contribution in [3.63, 3.8) is 0 Å². The third-order valence-corrected chi connectivity index (χ3v) is 3.44. The van der Waals surface area contributed by atoms with Crippen molar-refractivity contribution in [3.05, 3.63) is 65.7 Å². The summed E-state index contributed by atoms with van der Waals surface area (Å²) in [5, 5.41) is 11.6. The minimum atomic E-state index is -0.454. The van der Waals surface area contributed by atoms with Crippen molar-refractivity contribution in [2.75, 3.05) is 0 Å². The van der Waals surface area contributed by atoms with E-state index in [1.807, 2.05) is 36.4 Å². The first kappa shape index (κ1) is 17.2. The molecule has 0 heterocycles. The zero-order chi connectivity index (χ0) is 17.4. The van der Waals surface area contributed by atoms with Crippen molar-refractivity contribution in [2.45, 2.75) is 25.8 Å². The summed E-state index contributed by atoms with van der Waals surface area (Å²) in [5.41, 5.74) is 1.34. The number of benzene rings is 2. The highest BCUT2D eigenvalue weighted by atomic mass is 16.5. The number of nitriles is 1. The van der Waals surface area contributed by atoms with Gasteiger partial charge in [0.15, 0.2) is 0 Å². The second-order valence-electron chi connectivity index (χ2n) is 5.20. The molecule has 0 aliphatic carbocycles. The lowest BCUT2D eigenvalue weighted by Gasteiger charge is -2.18. The Balaban J connectivity index is 2.06. The fourth-order valence-corrected chi connectivity index (χ4v) is 2.17. The van der Waals surface area contributed by atoms with Crippen LogP contribution in [0.2, 0.25) is 0 Å². The number of amides is 1. The number of hydrogen-bond donors (Lipinski definition) is 1. The van der Waals surface area contributed by atoms with Crippen molar-refractivity contribution in [1.29, 1.82) is 5.26 Å². The Labute approximate surface area is 140 Å². The minimum absolute atomic E-state index is 0.0236. The maximum absolute atomic E-state index is 12.2. The van der Waals surface area contributed by atoms with E-state index in [1.54, 1.807) is 31.2 Å². The molecule has 2 aromatic rings. The summed E-state index contributed by atoms with van der Waals surface area (Å²) in [6.07, 6.45) is 0.365. The minimum Gasteiger partial charge on any atom is -0.426 e. The predicted molar refractivity (Wildman–Crippen MR) is 89.0 cm³/mol. The highest BCUT2D eigenvalue weighted by Gasteiger charge is 2.19. The van der Waals surface area contributed by atoms with Crippen molar-refractivity contribution in [3.8, 4) is 11.8 Å². The molecular weight excluding hydrogens is 304 g/mol. The van der Waals surface area contributed by atoms with Gasteiger partial charge in [0.1, 0.15) is 5.75 Å². The Morgan fingerprint density at radius 3 is 2.38 bits per heavy atom. The molecule has 1 unspecified atom stereocenters. The monoisotopic (exact) mass is 322 g/mol. The summed E-state index contributed by atoms with van der Waals surface area (Å²) in [5.74, 6) is -0.215. The van der Waals surface area contributed by atoms with Gasteiger partial charge in [-0.2, -0.15) is 5.26 Å². The lowest BCUT2D eigenvalue weighted by Crippen LogP contribution is -2.30. The van der Waals surface area contributed by atoms with E-state index < -0.39 is 12.0 Å². The number of carbonyl (C=O) groups excluding carboxylic acids is 2. The topological polar surface area (TPSA) is 79.2 Å². The van der Waals surface area contributed by atoms with Crippen LogP contribution in [0, 0.1) is 11.3 Å². The van der Waals surface area contributed by atoms with E-state index in [-0.39, 0.29) is 12.3 Å². The lowest BCUT2D eigenvalue weighted by molar-refractivity contribution is -0.135. The number of nitrogens with zero attached hydrogens (tertiary/aromatic N) is 1. The van der Waals surface area contributed by atoms with Gasteiger partial charge in [0.25, 0.3) is 0 Å². The van der Waals surface area contributed by atoms with Crippen LogP contribution >= 0.6 is 0 Å². The van der Waals surface area contributed by atoms with E-state index in [0.717, 1.165) is 5.56 Å². The third kappa shape index (κ3) is 4.96. The Morgan fingerprint density at radius 1 is 1.12 bits per heavy atom. The van der Waals surface area contributed by atoms with Gasteiger partial charge in [-0.25, -0.2) is 0 Å². The lowest BCUT2D eigenvalue weighted by atomic mass is 10.0. The highest BCUT2D eigenvalue weighted by molar-refractivity contribution is 5.78. The van der Waals surface area contributed by atoms with Gasteiger partial charge in [-0.3, -0.25) is 9.59 Å². The summed E-state index contributed by atoms with van der Waals surface area (Å²) >= 11 is 0. The van der Waals surface area contributed by atoms with Gasteiger partial charge in [0.05, 0.1) is 24.1 Å². The molecule has 0 aromatic heterocycles. The molecule has 0 radical (unpaired) electrons. The van der Waals surface area contributed by atoms with Crippen LogP contribution in [-0.4, -0.2) is 11.9 Å². The van der Waals surface area contributed by atoms with Gasteiger partial charge in [-0.05, 0) is 29.8 Å². The number of ether oxygens (including phenoxy) is 1. The Kier molecular flexibility index (Phi) is 6.09. The van der Waals surface area contributed by atoms with Gasteiger partial charge in [0, 0.05) is 6.42 Å². The zero-order valence-electron chi connectivity index (χ0n) is 13.4. The molecule has 1 N–H and O–H groups in total. The number of nitrogens with one attached hydrogen (secondary N) is 1. The smallest absolute Gasteiger partial charge is 0.313 e. The van der Waals surface area contributed by atoms with Gasteiger partial charge in [0.2, 0.25) is 5.91 Å².